The number of cyclic esters (lactones) is 1. The first kappa shape index (κ1) is 17.6. The molecule has 0 aliphatic carbocycles. The second kappa shape index (κ2) is 7.35. The number of nitrogens with zero attached hydrogens (tertiary/aromatic N) is 1. The van der Waals surface area contributed by atoms with Crippen LogP contribution in [0, 0.1) is 6.92 Å². The lowest BCUT2D eigenvalue weighted by Gasteiger charge is -2.05. The van der Waals surface area contributed by atoms with Crippen LogP contribution in [0.15, 0.2) is 53.2 Å². The van der Waals surface area contributed by atoms with E-state index in [2.05, 4.69) is 9.73 Å². The molecule has 0 fully saturated rings. The highest BCUT2D eigenvalue weighted by molar-refractivity contribution is 6.13. The van der Waals surface area contributed by atoms with E-state index in [9.17, 15) is 13.6 Å². The Morgan fingerprint density at radius 1 is 1.19 bits per heavy atom. The van der Waals surface area contributed by atoms with E-state index in [4.69, 9.17) is 9.47 Å². The lowest BCUT2D eigenvalue weighted by molar-refractivity contribution is -0.129. The summed E-state index contributed by atoms with van der Waals surface area (Å²) in [7, 11) is 1.58. The van der Waals surface area contributed by atoms with E-state index in [0.29, 0.717) is 5.56 Å². The van der Waals surface area contributed by atoms with Crippen LogP contribution < -0.4 is 9.47 Å². The van der Waals surface area contributed by atoms with Crippen molar-refractivity contribution in [3.05, 3.63) is 64.9 Å². The SMILES string of the molecule is COc1ccc(C=C2N=C(c3cccc(OC(F)F)c3)OC2=O)cc1C. The maximum atomic E-state index is 12.3. The summed E-state index contributed by atoms with van der Waals surface area (Å²) < 4.78 is 39.3. The van der Waals surface area contributed by atoms with Gasteiger partial charge in [-0.1, -0.05) is 12.1 Å². The third kappa shape index (κ3) is 3.88. The minimum Gasteiger partial charge on any atom is -0.496 e. The molecule has 3 rings (SSSR count). The third-order valence-corrected chi connectivity index (χ3v) is 3.65. The molecule has 0 saturated heterocycles. The maximum absolute atomic E-state index is 12.3. The first-order valence-electron chi connectivity index (χ1n) is 7.68. The van der Waals surface area contributed by atoms with Gasteiger partial charge >= 0.3 is 12.6 Å². The number of aryl methyl sites for hydroxylation is 1. The number of esters is 1. The van der Waals surface area contributed by atoms with Crippen LogP contribution in [0.5, 0.6) is 11.5 Å². The van der Waals surface area contributed by atoms with Crippen LogP contribution in [0.3, 0.4) is 0 Å². The molecule has 1 aliphatic rings. The molecule has 7 heteroatoms. The standard InChI is InChI=1S/C19H15F2NO4/c1-11-8-12(6-7-16(11)24-2)9-15-18(23)26-17(22-15)13-4-3-5-14(10-13)25-19(20)21/h3-10,19H,1-2H3. The van der Waals surface area contributed by atoms with Gasteiger partial charge in [-0.25, -0.2) is 9.79 Å². The summed E-state index contributed by atoms with van der Waals surface area (Å²) in [4.78, 5) is 16.2. The first-order chi connectivity index (χ1) is 12.5. The molecule has 0 bridgehead atoms. The maximum Gasteiger partial charge on any atom is 0.387 e. The minimum absolute atomic E-state index is 0.0335. The number of carbonyl (C=O) groups is 1. The lowest BCUT2D eigenvalue weighted by Crippen LogP contribution is -2.07. The van der Waals surface area contributed by atoms with Crippen LogP contribution in [-0.2, 0) is 9.53 Å². The Bertz CT molecular complexity index is 906. The largest absolute Gasteiger partial charge is 0.496 e. The molecule has 1 heterocycles. The van der Waals surface area contributed by atoms with Gasteiger partial charge in [0, 0.05) is 5.56 Å². The Kier molecular flexibility index (Phi) is 4.97. The van der Waals surface area contributed by atoms with E-state index in [1.807, 2.05) is 13.0 Å². The van der Waals surface area contributed by atoms with Gasteiger partial charge in [-0.2, -0.15) is 8.78 Å². The molecular formula is C19H15F2NO4. The molecule has 5 nitrogen and oxygen atoms in total. The highest BCUT2D eigenvalue weighted by atomic mass is 19.3. The van der Waals surface area contributed by atoms with Gasteiger partial charge in [0.15, 0.2) is 5.70 Å². The molecular weight excluding hydrogens is 344 g/mol. The summed E-state index contributed by atoms with van der Waals surface area (Å²) in [6.07, 6.45) is 1.58. The molecule has 1 aliphatic heterocycles. The second-order valence-corrected chi connectivity index (χ2v) is 5.47. The summed E-state index contributed by atoms with van der Waals surface area (Å²) in [6.45, 7) is -1.05. The molecule has 0 saturated carbocycles. The highest BCUT2D eigenvalue weighted by Gasteiger charge is 2.24. The van der Waals surface area contributed by atoms with Gasteiger partial charge in [-0.3, -0.25) is 0 Å². The van der Waals surface area contributed by atoms with Crippen LogP contribution in [0.4, 0.5) is 8.78 Å². The number of hydrogen-bond acceptors (Lipinski definition) is 5. The van der Waals surface area contributed by atoms with Gasteiger partial charge in [-0.15, -0.1) is 0 Å². The molecule has 2 aromatic rings. The summed E-state index contributed by atoms with van der Waals surface area (Å²) in [6, 6.07) is 11.2. The smallest absolute Gasteiger partial charge is 0.387 e. The molecule has 134 valence electrons. The molecule has 0 N–H and O–H groups in total. The Morgan fingerprint density at radius 3 is 2.69 bits per heavy atom. The van der Waals surface area contributed by atoms with Crippen LogP contribution in [-0.4, -0.2) is 25.6 Å². The first-order valence-corrected chi connectivity index (χ1v) is 7.68. The fraction of sp³-hybridized carbons (Fsp3) is 0.158. The number of alkyl halides is 2. The summed E-state index contributed by atoms with van der Waals surface area (Å²) >= 11 is 0. The van der Waals surface area contributed by atoms with Crippen molar-refractivity contribution in [2.24, 2.45) is 4.99 Å². The zero-order chi connectivity index (χ0) is 18.7. The van der Waals surface area contributed by atoms with E-state index < -0.39 is 12.6 Å². The van der Waals surface area contributed by atoms with Gasteiger partial charge in [0.2, 0.25) is 5.90 Å². The van der Waals surface area contributed by atoms with Crippen molar-refractivity contribution in [2.45, 2.75) is 13.5 Å². The van der Waals surface area contributed by atoms with Crippen molar-refractivity contribution in [2.75, 3.05) is 7.11 Å². The summed E-state index contributed by atoms with van der Waals surface area (Å²) in [5.74, 6) is 0.112. The Balaban J connectivity index is 1.88. The molecule has 2 aromatic carbocycles. The van der Waals surface area contributed by atoms with Gasteiger partial charge < -0.3 is 14.2 Å². The normalized spacial score (nSPS) is 15.2. The zero-order valence-corrected chi connectivity index (χ0v) is 14.0. The van der Waals surface area contributed by atoms with Crippen molar-refractivity contribution in [1.82, 2.24) is 0 Å². The predicted molar refractivity (Wildman–Crippen MR) is 91.4 cm³/mol. The third-order valence-electron chi connectivity index (χ3n) is 3.65. The number of ether oxygens (including phenoxy) is 3. The number of carbonyl (C=O) groups excluding carboxylic acids is 1. The average Bonchev–Trinajstić information content (AvgIpc) is 2.95. The summed E-state index contributed by atoms with van der Waals surface area (Å²) in [5, 5.41) is 0. The Hall–Kier alpha value is -3.22. The fourth-order valence-corrected chi connectivity index (χ4v) is 2.49. The molecule has 0 spiro atoms. The quantitative estimate of drug-likeness (QED) is 0.599. The minimum atomic E-state index is -2.94. The molecule has 26 heavy (non-hydrogen) atoms. The van der Waals surface area contributed by atoms with E-state index in [-0.39, 0.29) is 17.3 Å². The van der Waals surface area contributed by atoms with Gasteiger partial charge in [0.05, 0.1) is 7.11 Å². The zero-order valence-electron chi connectivity index (χ0n) is 14.0. The van der Waals surface area contributed by atoms with Crippen molar-refractivity contribution in [1.29, 1.82) is 0 Å². The number of benzene rings is 2. The predicted octanol–water partition coefficient (Wildman–Crippen LogP) is 3.95. The van der Waals surface area contributed by atoms with Crippen molar-refractivity contribution < 1.29 is 27.8 Å². The van der Waals surface area contributed by atoms with Gasteiger partial charge in [-0.05, 0) is 54.5 Å². The van der Waals surface area contributed by atoms with Gasteiger partial charge in [0.25, 0.3) is 0 Å². The molecule has 0 radical (unpaired) electrons. The average molecular weight is 359 g/mol. The van der Waals surface area contributed by atoms with Crippen molar-refractivity contribution >= 4 is 17.9 Å². The fourth-order valence-electron chi connectivity index (χ4n) is 2.49. The Morgan fingerprint density at radius 2 is 2.00 bits per heavy atom. The monoisotopic (exact) mass is 359 g/mol. The van der Waals surface area contributed by atoms with Gasteiger partial charge in [0.1, 0.15) is 11.5 Å². The molecule has 0 amide bonds. The molecule has 0 aromatic heterocycles. The van der Waals surface area contributed by atoms with E-state index >= 15 is 0 Å². The second-order valence-electron chi connectivity index (χ2n) is 5.47. The van der Waals surface area contributed by atoms with E-state index in [1.165, 1.54) is 18.2 Å². The van der Waals surface area contributed by atoms with E-state index in [1.54, 1.807) is 31.4 Å². The van der Waals surface area contributed by atoms with Crippen LogP contribution in [0.1, 0.15) is 16.7 Å². The summed E-state index contributed by atoms with van der Waals surface area (Å²) in [5.41, 5.74) is 2.15. The van der Waals surface area contributed by atoms with E-state index in [0.717, 1.165) is 16.9 Å². The Labute approximate surface area is 148 Å². The topological polar surface area (TPSA) is 57.1 Å². The number of hydrogen-bond donors (Lipinski definition) is 0. The van der Waals surface area contributed by atoms with Crippen LogP contribution >= 0.6 is 0 Å². The number of halogens is 2. The number of rotatable bonds is 5. The highest BCUT2D eigenvalue weighted by Crippen LogP contribution is 2.24. The van der Waals surface area contributed by atoms with Crippen molar-refractivity contribution in [3.8, 4) is 11.5 Å². The molecule has 0 atom stereocenters. The van der Waals surface area contributed by atoms with Crippen LogP contribution in [0.25, 0.3) is 6.08 Å². The number of methoxy groups -OCH3 is 1. The lowest BCUT2D eigenvalue weighted by atomic mass is 10.1. The van der Waals surface area contributed by atoms with Crippen LogP contribution in [0.2, 0.25) is 0 Å². The molecule has 0 unspecified atom stereocenters. The van der Waals surface area contributed by atoms with Crippen molar-refractivity contribution in [3.63, 3.8) is 0 Å². The number of aliphatic imine (C=N–C) groups is 1.